The SMILES string of the molecule is COc1ccc(C(=O)C2=C(C(=O)c3ccc(OC)cc3)C(F)(F)C(F)(F)C2(F)F)cc1. The van der Waals surface area contributed by atoms with Gasteiger partial charge in [0.1, 0.15) is 11.5 Å². The van der Waals surface area contributed by atoms with Gasteiger partial charge in [-0.25, -0.2) is 0 Å². The zero-order chi connectivity index (χ0) is 23.2. The second kappa shape index (κ2) is 7.44. The third kappa shape index (κ3) is 3.26. The molecule has 0 radical (unpaired) electrons. The van der Waals surface area contributed by atoms with Crippen LogP contribution in [0.3, 0.4) is 0 Å². The number of carbonyl (C=O) groups is 2. The first-order valence-electron chi connectivity index (χ1n) is 8.66. The third-order valence-corrected chi connectivity index (χ3v) is 4.83. The maximum atomic E-state index is 14.5. The fourth-order valence-electron chi connectivity index (χ4n) is 3.11. The van der Waals surface area contributed by atoms with Gasteiger partial charge in [0.25, 0.3) is 0 Å². The molecule has 0 atom stereocenters. The van der Waals surface area contributed by atoms with Crippen LogP contribution < -0.4 is 9.47 Å². The fourth-order valence-corrected chi connectivity index (χ4v) is 3.11. The van der Waals surface area contributed by atoms with Gasteiger partial charge in [-0.2, -0.15) is 26.3 Å². The normalized spacial score (nSPS) is 18.6. The van der Waals surface area contributed by atoms with Crippen LogP contribution >= 0.6 is 0 Å². The number of ether oxygens (including phenoxy) is 2. The van der Waals surface area contributed by atoms with Crippen LogP contribution in [0.25, 0.3) is 0 Å². The predicted octanol–water partition coefficient (Wildman–Crippen LogP) is 4.99. The van der Waals surface area contributed by atoms with Crippen LogP contribution in [-0.2, 0) is 0 Å². The molecule has 2 aromatic rings. The quantitative estimate of drug-likeness (QED) is 0.466. The number of halogens is 6. The summed E-state index contributed by atoms with van der Waals surface area (Å²) in [4.78, 5) is 25.3. The lowest BCUT2D eigenvalue weighted by atomic mass is 9.93. The molecule has 0 N–H and O–H groups in total. The van der Waals surface area contributed by atoms with Gasteiger partial charge in [0.15, 0.2) is 11.6 Å². The zero-order valence-corrected chi connectivity index (χ0v) is 16.0. The second-order valence-corrected chi connectivity index (χ2v) is 6.59. The van der Waals surface area contributed by atoms with E-state index in [1.165, 1.54) is 14.2 Å². The minimum atomic E-state index is -5.99. The lowest BCUT2D eigenvalue weighted by Gasteiger charge is -2.25. The standard InChI is InChI=1S/C21H14F6O4/c1-30-13-7-3-11(4-8-13)17(28)15-16(20(24,25)21(26,27)19(15,22)23)18(29)12-5-9-14(31-2)10-6-12/h3-10H,1-2H3. The highest BCUT2D eigenvalue weighted by molar-refractivity contribution is 6.20. The maximum absolute atomic E-state index is 14.5. The Balaban J connectivity index is 2.22. The molecule has 1 aliphatic carbocycles. The lowest BCUT2D eigenvalue weighted by Crippen LogP contribution is -2.50. The molecule has 0 fully saturated rings. The molecule has 0 amide bonds. The van der Waals surface area contributed by atoms with Crippen LogP contribution in [0.15, 0.2) is 59.7 Å². The largest absolute Gasteiger partial charge is 0.497 e. The van der Waals surface area contributed by atoms with Gasteiger partial charge in [0.2, 0.25) is 0 Å². The number of benzene rings is 2. The Labute approximate surface area is 172 Å². The molecule has 10 heteroatoms. The van der Waals surface area contributed by atoms with Crippen molar-refractivity contribution < 1.29 is 45.4 Å². The summed E-state index contributed by atoms with van der Waals surface area (Å²) in [5.41, 5.74) is -5.67. The van der Waals surface area contributed by atoms with Gasteiger partial charge in [-0.3, -0.25) is 9.59 Å². The number of Topliss-reactive ketones (excluding diaryl/α,β-unsaturated/α-hetero) is 2. The number of hydrogen-bond donors (Lipinski definition) is 0. The Hall–Kier alpha value is -3.30. The summed E-state index contributed by atoms with van der Waals surface area (Å²) in [7, 11) is 2.55. The summed E-state index contributed by atoms with van der Waals surface area (Å²) in [6.07, 6.45) is 0. The van der Waals surface area contributed by atoms with Crippen LogP contribution in [-0.4, -0.2) is 43.6 Å². The number of ketones is 2. The molecular formula is C21H14F6O4. The zero-order valence-electron chi connectivity index (χ0n) is 16.0. The summed E-state index contributed by atoms with van der Waals surface area (Å²) in [5, 5.41) is 0. The van der Waals surface area contributed by atoms with Gasteiger partial charge in [0, 0.05) is 11.1 Å². The Morgan fingerprint density at radius 1 is 0.613 bits per heavy atom. The van der Waals surface area contributed by atoms with Crippen molar-refractivity contribution >= 4 is 11.6 Å². The third-order valence-electron chi connectivity index (χ3n) is 4.83. The Morgan fingerprint density at radius 2 is 0.903 bits per heavy atom. The molecule has 0 bridgehead atoms. The number of hydrogen-bond acceptors (Lipinski definition) is 4. The van der Waals surface area contributed by atoms with Crippen LogP contribution in [0.4, 0.5) is 26.3 Å². The monoisotopic (exact) mass is 444 g/mol. The van der Waals surface area contributed by atoms with Gasteiger partial charge in [-0.05, 0) is 48.5 Å². The van der Waals surface area contributed by atoms with E-state index >= 15 is 0 Å². The maximum Gasteiger partial charge on any atom is 0.380 e. The van der Waals surface area contributed by atoms with E-state index in [1.807, 2.05) is 0 Å². The highest BCUT2D eigenvalue weighted by Gasteiger charge is 2.82. The first kappa shape index (κ1) is 22.4. The molecule has 0 aromatic heterocycles. The van der Waals surface area contributed by atoms with Gasteiger partial charge in [-0.1, -0.05) is 0 Å². The molecule has 164 valence electrons. The highest BCUT2D eigenvalue weighted by atomic mass is 19.3. The van der Waals surface area contributed by atoms with E-state index in [0.717, 1.165) is 48.5 Å². The molecule has 3 rings (SSSR count). The van der Waals surface area contributed by atoms with E-state index in [-0.39, 0.29) is 11.5 Å². The van der Waals surface area contributed by atoms with Crippen LogP contribution in [0.5, 0.6) is 11.5 Å². The van der Waals surface area contributed by atoms with Gasteiger partial charge in [0.05, 0.1) is 25.4 Å². The first-order chi connectivity index (χ1) is 14.4. The molecule has 0 unspecified atom stereocenters. The Morgan fingerprint density at radius 3 is 1.16 bits per heavy atom. The van der Waals surface area contributed by atoms with Crippen molar-refractivity contribution in [2.45, 2.75) is 17.8 Å². The van der Waals surface area contributed by atoms with Gasteiger partial charge >= 0.3 is 17.8 Å². The summed E-state index contributed by atoms with van der Waals surface area (Å²) in [5.74, 6) is -20.4. The molecule has 31 heavy (non-hydrogen) atoms. The van der Waals surface area contributed by atoms with E-state index in [0.29, 0.717) is 0 Å². The van der Waals surface area contributed by atoms with Crippen molar-refractivity contribution in [3.8, 4) is 11.5 Å². The van der Waals surface area contributed by atoms with Crippen molar-refractivity contribution in [1.82, 2.24) is 0 Å². The Kier molecular flexibility index (Phi) is 5.37. The van der Waals surface area contributed by atoms with Gasteiger partial charge < -0.3 is 9.47 Å². The molecule has 0 saturated heterocycles. The van der Waals surface area contributed by atoms with Crippen molar-refractivity contribution in [3.05, 3.63) is 70.8 Å². The first-order valence-corrected chi connectivity index (χ1v) is 8.66. The van der Waals surface area contributed by atoms with E-state index in [1.54, 1.807) is 0 Å². The average Bonchev–Trinajstić information content (AvgIpc) is 2.86. The molecular weight excluding hydrogens is 430 g/mol. The molecule has 0 aliphatic heterocycles. The minimum Gasteiger partial charge on any atom is -0.497 e. The van der Waals surface area contributed by atoms with Gasteiger partial charge in [-0.15, -0.1) is 0 Å². The van der Waals surface area contributed by atoms with Crippen LogP contribution in [0.2, 0.25) is 0 Å². The molecule has 2 aromatic carbocycles. The van der Waals surface area contributed by atoms with Crippen molar-refractivity contribution in [3.63, 3.8) is 0 Å². The molecule has 0 spiro atoms. The molecule has 4 nitrogen and oxygen atoms in total. The van der Waals surface area contributed by atoms with E-state index < -0.39 is 51.6 Å². The minimum absolute atomic E-state index is 0.203. The average molecular weight is 444 g/mol. The van der Waals surface area contributed by atoms with Crippen molar-refractivity contribution in [2.24, 2.45) is 0 Å². The number of carbonyl (C=O) groups excluding carboxylic acids is 2. The number of rotatable bonds is 6. The van der Waals surface area contributed by atoms with Crippen molar-refractivity contribution in [2.75, 3.05) is 14.2 Å². The Bertz CT molecular complexity index is 973. The smallest absolute Gasteiger partial charge is 0.380 e. The number of alkyl halides is 6. The van der Waals surface area contributed by atoms with Crippen molar-refractivity contribution in [1.29, 1.82) is 0 Å². The van der Waals surface area contributed by atoms with Crippen LogP contribution in [0.1, 0.15) is 20.7 Å². The second-order valence-electron chi connectivity index (χ2n) is 6.59. The predicted molar refractivity (Wildman–Crippen MR) is 96.5 cm³/mol. The number of allylic oxidation sites excluding steroid dienone is 2. The summed E-state index contributed by atoms with van der Waals surface area (Å²) < 4.78 is 95.9. The summed E-state index contributed by atoms with van der Waals surface area (Å²) in [6, 6.07) is 8.37. The van der Waals surface area contributed by atoms with E-state index in [4.69, 9.17) is 9.47 Å². The summed E-state index contributed by atoms with van der Waals surface area (Å²) >= 11 is 0. The molecule has 1 aliphatic rings. The molecule has 0 saturated carbocycles. The summed E-state index contributed by atoms with van der Waals surface area (Å²) in [6.45, 7) is 0. The van der Waals surface area contributed by atoms with E-state index in [9.17, 15) is 35.9 Å². The lowest BCUT2D eigenvalue weighted by molar-refractivity contribution is -0.263. The van der Waals surface area contributed by atoms with E-state index in [2.05, 4.69) is 0 Å². The number of methoxy groups -OCH3 is 2. The fraction of sp³-hybridized carbons (Fsp3) is 0.238. The topological polar surface area (TPSA) is 52.6 Å². The highest BCUT2D eigenvalue weighted by Crippen LogP contribution is 2.60. The van der Waals surface area contributed by atoms with Crippen LogP contribution in [0, 0.1) is 0 Å². The molecule has 0 heterocycles.